The van der Waals surface area contributed by atoms with E-state index in [1.165, 1.54) is 6.42 Å². The Labute approximate surface area is 112 Å². The number of hydrogen-bond acceptors (Lipinski definition) is 3. The van der Waals surface area contributed by atoms with E-state index in [2.05, 4.69) is 26.1 Å². The molecule has 0 aromatic carbocycles. The van der Waals surface area contributed by atoms with Crippen molar-refractivity contribution in [2.75, 3.05) is 0 Å². The first-order valence-corrected chi connectivity index (χ1v) is 7.14. The van der Waals surface area contributed by atoms with Crippen LogP contribution in [0.25, 0.3) is 0 Å². The molecule has 3 nitrogen and oxygen atoms in total. The molecule has 0 aromatic rings. The zero-order valence-corrected chi connectivity index (χ0v) is 12.8. The Morgan fingerprint density at radius 3 is 2.44 bits per heavy atom. The summed E-state index contributed by atoms with van der Waals surface area (Å²) in [5.41, 5.74) is -0.512. The fourth-order valence-corrected chi connectivity index (χ4v) is 2.92. The average Bonchev–Trinajstić information content (AvgIpc) is 2.12. The lowest BCUT2D eigenvalue weighted by atomic mass is 9.73. The quantitative estimate of drug-likeness (QED) is 0.787. The van der Waals surface area contributed by atoms with Gasteiger partial charge in [-0.2, -0.15) is 0 Å². The second kappa shape index (κ2) is 5.60. The van der Waals surface area contributed by atoms with Crippen molar-refractivity contribution in [2.24, 2.45) is 5.92 Å². The highest BCUT2D eigenvalue weighted by molar-refractivity contribution is 5.74. The molecule has 106 valence electrons. The summed E-state index contributed by atoms with van der Waals surface area (Å²) in [6.07, 6.45) is 4.30. The van der Waals surface area contributed by atoms with E-state index in [9.17, 15) is 4.79 Å². The zero-order valence-electron chi connectivity index (χ0n) is 12.8. The fraction of sp³-hybridized carbons (Fsp3) is 0.933. The molecule has 2 atom stereocenters. The number of esters is 1. The lowest BCUT2D eigenvalue weighted by molar-refractivity contribution is -0.164. The molecular weight excluding hydrogens is 226 g/mol. The minimum absolute atomic E-state index is 0.0205. The van der Waals surface area contributed by atoms with E-state index < -0.39 is 5.60 Å². The molecule has 0 bridgehead atoms. The van der Waals surface area contributed by atoms with Crippen LogP contribution in [0.3, 0.4) is 0 Å². The molecule has 1 N–H and O–H groups in total. The average molecular weight is 255 g/mol. The largest absolute Gasteiger partial charge is 0.460 e. The van der Waals surface area contributed by atoms with Gasteiger partial charge in [0.15, 0.2) is 0 Å². The molecule has 0 aliphatic heterocycles. The van der Waals surface area contributed by atoms with Crippen LogP contribution < -0.4 is 5.32 Å². The smallest absolute Gasteiger partial charge is 0.311 e. The van der Waals surface area contributed by atoms with Gasteiger partial charge in [-0.1, -0.05) is 26.7 Å². The van der Waals surface area contributed by atoms with Gasteiger partial charge in [-0.25, -0.2) is 0 Å². The van der Waals surface area contributed by atoms with E-state index in [0.29, 0.717) is 6.04 Å². The Morgan fingerprint density at radius 2 is 1.94 bits per heavy atom. The maximum Gasteiger partial charge on any atom is 0.311 e. The number of rotatable bonds is 3. The van der Waals surface area contributed by atoms with E-state index in [1.54, 1.807) is 0 Å². The van der Waals surface area contributed by atoms with Gasteiger partial charge in [0.05, 0.1) is 5.92 Å². The molecule has 1 aliphatic rings. The maximum absolute atomic E-state index is 12.3. The molecular formula is C15H29NO2. The number of nitrogens with one attached hydrogen (secondary N) is 1. The van der Waals surface area contributed by atoms with Crippen LogP contribution in [-0.4, -0.2) is 23.2 Å². The standard InChI is InChI=1S/C15H29NO2/c1-11(2)16-15(6)10-8-7-9-12(15)13(17)18-14(3,4)5/h11-12,16H,7-10H2,1-6H3. The Kier molecular flexibility index (Phi) is 4.82. The number of carbonyl (C=O) groups excluding carboxylic acids is 1. The van der Waals surface area contributed by atoms with Crippen molar-refractivity contribution in [1.29, 1.82) is 0 Å². The molecule has 1 rings (SSSR count). The van der Waals surface area contributed by atoms with Gasteiger partial charge in [-0.15, -0.1) is 0 Å². The van der Waals surface area contributed by atoms with Crippen molar-refractivity contribution < 1.29 is 9.53 Å². The minimum Gasteiger partial charge on any atom is -0.460 e. The third kappa shape index (κ3) is 4.27. The van der Waals surface area contributed by atoms with Gasteiger partial charge < -0.3 is 10.1 Å². The topological polar surface area (TPSA) is 38.3 Å². The summed E-state index contributed by atoms with van der Waals surface area (Å²) in [5.74, 6) is -0.0641. The van der Waals surface area contributed by atoms with Crippen LogP contribution in [0.15, 0.2) is 0 Å². The predicted octanol–water partition coefficient (Wildman–Crippen LogP) is 3.28. The van der Waals surface area contributed by atoms with Gasteiger partial charge in [0.1, 0.15) is 5.60 Å². The summed E-state index contributed by atoms with van der Waals surface area (Å²) in [5, 5.41) is 3.57. The van der Waals surface area contributed by atoms with Crippen LogP contribution in [0.2, 0.25) is 0 Å². The molecule has 1 aliphatic carbocycles. The van der Waals surface area contributed by atoms with Crippen LogP contribution in [-0.2, 0) is 9.53 Å². The van der Waals surface area contributed by atoms with E-state index in [1.807, 2.05) is 20.8 Å². The van der Waals surface area contributed by atoms with Gasteiger partial charge in [0.2, 0.25) is 0 Å². The second-order valence-electron chi connectivity index (χ2n) is 7.05. The molecule has 18 heavy (non-hydrogen) atoms. The van der Waals surface area contributed by atoms with Crippen LogP contribution in [0.5, 0.6) is 0 Å². The third-order valence-electron chi connectivity index (χ3n) is 3.52. The lowest BCUT2D eigenvalue weighted by Gasteiger charge is -2.43. The zero-order chi connectivity index (χ0) is 14.0. The summed E-state index contributed by atoms with van der Waals surface area (Å²) in [6.45, 7) is 12.2. The van der Waals surface area contributed by atoms with E-state index in [-0.39, 0.29) is 17.4 Å². The first-order valence-electron chi connectivity index (χ1n) is 7.14. The molecule has 0 radical (unpaired) electrons. The van der Waals surface area contributed by atoms with Crippen LogP contribution in [0, 0.1) is 5.92 Å². The summed E-state index contributed by atoms with van der Waals surface area (Å²) in [6, 6.07) is 0.387. The van der Waals surface area contributed by atoms with Crippen LogP contribution >= 0.6 is 0 Å². The van der Waals surface area contributed by atoms with E-state index >= 15 is 0 Å². The van der Waals surface area contributed by atoms with Gasteiger partial charge >= 0.3 is 5.97 Å². The Bertz CT molecular complexity index is 293. The predicted molar refractivity (Wildman–Crippen MR) is 74.5 cm³/mol. The van der Waals surface area contributed by atoms with Crippen molar-refractivity contribution in [1.82, 2.24) is 5.32 Å². The Morgan fingerprint density at radius 1 is 1.33 bits per heavy atom. The highest BCUT2D eigenvalue weighted by atomic mass is 16.6. The number of ether oxygens (including phenoxy) is 1. The van der Waals surface area contributed by atoms with E-state index in [4.69, 9.17) is 4.74 Å². The third-order valence-corrected chi connectivity index (χ3v) is 3.52. The van der Waals surface area contributed by atoms with E-state index in [0.717, 1.165) is 19.3 Å². The first-order chi connectivity index (χ1) is 8.14. The molecule has 0 saturated heterocycles. The molecule has 2 unspecified atom stereocenters. The second-order valence-corrected chi connectivity index (χ2v) is 7.05. The van der Waals surface area contributed by atoms with Gasteiger partial charge in [-0.3, -0.25) is 4.79 Å². The molecule has 0 amide bonds. The summed E-state index contributed by atoms with van der Waals surface area (Å²) in [7, 11) is 0. The molecule has 0 heterocycles. The molecule has 0 aromatic heterocycles. The van der Waals surface area contributed by atoms with Gasteiger partial charge in [0.25, 0.3) is 0 Å². The fourth-order valence-electron chi connectivity index (χ4n) is 2.92. The van der Waals surface area contributed by atoms with Crippen molar-refractivity contribution in [3.63, 3.8) is 0 Å². The SMILES string of the molecule is CC(C)NC1(C)CCCCC1C(=O)OC(C)(C)C. The van der Waals surface area contributed by atoms with Crippen molar-refractivity contribution in [3.05, 3.63) is 0 Å². The van der Waals surface area contributed by atoms with Crippen molar-refractivity contribution >= 4 is 5.97 Å². The Hall–Kier alpha value is -0.570. The first kappa shape index (κ1) is 15.5. The Balaban J connectivity index is 2.79. The molecule has 0 spiro atoms. The normalized spacial score (nSPS) is 29.4. The summed E-state index contributed by atoms with van der Waals surface area (Å²) in [4.78, 5) is 12.3. The summed E-state index contributed by atoms with van der Waals surface area (Å²) < 4.78 is 5.58. The number of hydrogen-bond donors (Lipinski definition) is 1. The van der Waals surface area contributed by atoms with Gasteiger partial charge in [0, 0.05) is 11.6 Å². The maximum atomic E-state index is 12.3. The van der Waals surface area contributed by atoms with Crippen molar-refractivity contribution in [2.45, 2.75) is 84.4 Å². The lowest BCUT2D eigenvalue weighted by Crippen LogP contribution is -2.56. The van der Waals surface area contributed by atoms with Gasteiger partial charge in [-0.05, 0) is 40.5 Å². The highest BCUT2D eigenvalue weighted by Gasteiger charge is 2.42. The monoisotopic (exact) mass is 255 g/mol. The highest BCUT2D eigenvalue weighted by Crippen LogP contribution is 2.35. The molecule has 3 heteroatoms. The van der Waals surface area contributed by atoms with Crippen LogP contribution in [0.1, 0.15) is 67.2 Å². The van der Waals surface area contributed by atoms with Crippen molar-refractivity contribution in [3.8, 4) is 0 Å². The number of carbonyl (C=O) groups is 1. The van der Waals surface area contributed by atoms with Crippen LogP contribution in [0.4, 0.5) is 0 Å². The minimum atomic E-state index is -0.396. The summed E-state index contributed by atoms with van der Waals surface area (Å²) >= 11 is 0. The molecule has 1 saturated carbocycles. The molecule has 1 fully saturated rings.